The third kappa shape index (κ3) is 3.94. The van der Waals surface area contributed by atoms with Gasteiger partial charge < -0.3 is 20.3 Å². The van der Waals surface area contributed by atoms with Crippen molar-refractivity contribution in [3.8, 4) is 0 Å². The number of fused-ring (bicyclic) bond motifs is 2. The van der Waals surface area contributed by atoms with Gasteiger partial charge in [-0.2, -0.15) is 5.10 Å². The van der Waals surface area contributed by atoms with Gasteiger partial charge in [-0.15, -0.1) is 11.3 Å². The maximum atomic E-state index is 13.7. The first-order valence-electron chi connectivity index (χ1n) is 12.7. The van der Waals surface area contributed by atoms with Gasteiger partial charge in [0.15, 0.2) is 5.65 Å². The van der Waals surface area contributed by atoms with Crippen molar-refractivity contribution in [1.82, 2.24) is 19.5 Å². The highest BCUT2D eigenvalue weighted by Crippen LogP contribution is 2.36. The minimum Gasteiger partial charge on any atom is -0.391 e. The van der Waals surface area contributed by atoms with Crippen molar-refractivity contribution < 1.29 is 9.90 Å². The molecule has 5 heterocycles. The normalized spacial score (nSPS) is 24.7. The smallest absolute Gasteiger partial charge is 0.255 e. The number of likely N-dealkylation sites (tertiary alicyclic amines) is 1. The quantitative estimate of drug-likeness (QED) is 0.540. The van der Waals surface area contributed by atoms with E-state index in [0.717, 1.165) is 66.9 Å². The Morgan fingerprint density at radius 2 is 2.09 bits per heavy atom. The molecule has 2 aliphatic heterocycles. The summed E-state index contributed by atoms with van der Waals surface area (Å²) in [6, 6.07) is 1.97. The van der Waals surface area contributed by atoms with Crippen LogP contribution in [0, 0.1) is 18.3 Å². The maximum Gasteiger partial charge on any atom is 0.255 e. The average molecular weight is 493 g/mol. The van der Waals surface area contributed by atoms with Crippen LogP contribution in [0.3, 0.4) is 0 Å². The lowest BCUT2D eigenvalue weighted by Crippen LogP contribution is -2.39. The lowest BCUT2D eigenvalue weighted by molar-refractivity contribution is 0.0605. The topological polar surface area (TPSA) is 97.8 Å². The highest BCUT2D eigenvalue weighted by Gasteiger charge is 2.34. The number of amides is 1. The fourth-order valence-corrected chi connectivity index (χ4v) is 7.08. The predicted molar refractivity (Wildman–Crippen MR) is 137 cm³/mol. The summed E-state index contributed by atoms with van der Waals surface area (Å²) in [6.45, 7) is 3.83. The van der Waals surface area contributed by atoms with Crippen molar-refractivity contribution in [2.75, 3.05) is 24.5 Å². The Bertz CT molecular complexity index is 1280. The SMILES string of the molecule is Cc1cn2nc([C@@H]3CCCCN3C(=O)c3csc4c3CCCC4)cc2nc1N1C[C@@H](C=N)[C@@H](O)C1. The summed E-state index contributed by atoms with van der Waals surface area (Å²) >= 11 is 1.75. The number of nitrogens with one attached hydrogen (secondary N) is 1. The number of hydrogen-bond donors (Lipinski definition) is 2. The largest absolute Gasteiger partial charge is 0.391 e. The van der Waals surface area contributed by atoms with Crippen LogP contribution in [-0.4, -0.2) is 62.5 Å². The van der Waals surface area contributed by atoms with E-state index in [-0.39, 0.29) is 17.9 Å². The highest BCUT2D eigenvalue weighted by molar-refractivity contribution is 7.10. The van der Waals surface area contributed by atoms with Crippen LogP contribution in [0.15, 0.2) is 17.6 Å². The van der Waals surface area contributed by atoms with Crippen LogP contribution < -0.4 is 4.90 Å². The van der Waals surface area contributed by atoms with Gasteiger partial charge in [0.2, 0.25) is 0 Å². The molecule has 184 valence electrons. The number of carbonyl (C=O) groups excluding carboxylic acids is 1. The summed E-state index contributed by atoms with van der Waals surface area (Å²) in [5.74, 6) is 0.811. The molecule has 1 amide bonds. The summed E-state index contributed by atoms with van der Waals surface area (Å²) in [5.41, 5.74) is 4.81. The molecule has 8 nitrogen and oxygen atoms in total. The first-order chi connectivity index (χ1) is 17.0. The van der Waals surface area contributed by atoms with E-state index in [0.29, 0.717) is 13.1 Å². The van der Waals surface area contributed by atoms with Crippen molar-refractivity contribution in [3.63, 3.8) is 0 Å². The number of aliphatic hydroxyl groups excluding tert-OH is 1. The molecular formula is C26H32N6O2S. The van der Waals surface area contributed by atoms with E-state index in [1.165, 1.54) is 29.5 Å². The second-order valence-electron chi connectivity index (χ2n) is 10.2. The zero-order chi connectivity index (χ0) is 24.1. The fourth-order valence-electron chi connectivity index (χ4n) is 5.96. The van der Waals surface area contributed by atoms with E-state index in [1.807, 2.05) is 28.6 Å². The molecule has 3 aromatic rings. The van der Waals surface area contributed by atoms with Crippen LogP contribution >= 0.6 is 11.3 Å². The first-order valence-corrected chi connectivity index (χ1v) is 13.6. The molecule has 0 aromatic carbocycles. The molecule has 0 saturated carbocycles. The number of aliphatic hydroxyl groups is 1. The molecule has 2 saturated heterocycles. The van der Waals surface area contributed by atoms with Gasteiger partial charge in [0, 0.05) is 59.9 Å². The molecule has 6 rings (SSSR count). The van der Waals surface area contributed by atoms with Crippen LogP contribution in [-0.2, 0) is 12.8 Å². The number of aromatic nitrogens is 3. The Morgan fingerprint density at radius 1 is 1.23 bits per heavy atom. The van der Waals surface area contributed by atoms with Gasteiger partial charge in [-0.1, -0.05) is 0 Å². The van der Waals surface area contributed by atoms with Crippen LogP contribution in [0.5, 0.6) is 0 Å². The number of aryl methyl sites for hydroxylation is 2. The minimum absolute atomic E-state index is 0.0447. The molecule has 0 unspecified atom stereocenters. The number of carbonyl (C=O) groups is 1. The Kier molecular flexibility index (Phi) is 5.84. The van der Waals surface area contributed by atoms with Crippen molar-refractivity contribution in [3.05, 3.63) is 44.9 Å². The highest BCUT2D eigenvalue weighted by atomic mass is 32.1. The summed E-state index contributed by atoms with van der Waals surface area (Å²) in [4.78, 5) is 24.1. The summed E-state index contributed by atoms with van der Waals surface area (Å²) in [5, 5.41) is 24.8. The van der Waals surface area contributed by atoms with Gasteiger partial charge in [-0.05, 0) is 57.4 Å². The predicted octanol–water partition coefficient (Wildman–Crippen LogP) is 3.79. The number of hydrogen-bond acceptors (Lipinski definition) is 7. The number of β-amino-alcohol motifs (C(OH)–C–C–N with tert-alkyl or cyclic N) is 1. The number of nitrogens with zero attached hydrogens (tertiary/aromatic N) is 5. The number of rotatable bonds is 4. The molecule has 2 fully saturated rings. The van der Waals surface area contributed by atoms with Crippen LogP contribution in [0.1, 0.15) is 70.2 Å². The molecule has 0 bridgehead atoms. The minimum atomic E-state index is -0.546. The molecule has 0 spiro atoms. The first kappa shape index (κ1) is 22.7. The second-order valence-corrected chi connectivity index (χ2v) is 11.2. The number of thiophene rings is 1. The van der Waals surface area contributed by atoms with Crippen LogP contribution in [0.25, 0.3) is 5.65 Å². The van der Waals surface area contributed by atoms with E-state index >= 15 is 0 Å². The third-order valence-corrected chi connectivity index (χ3v) is 8.96. The molecule has 35 heavy (non-hydrogen) atoms. The van der Waals surface area contributed by atoms with Crippen molar-refractivity contribution in [1.29, 1.82) is 5.41 Å². The molecule has 0 radical (unpaired) electrons. The molecule has 3 atom stereocenters. The Labute approximate surface area is 209 Å². The molecule has 2 N–H and O–H groups in total. The summed E-state index contributed by atoms with van der Waals surface area (Å²) in [6.07, 6.45) is 10.3. The zero-order valence-corrected chi connectivity index (χ0v) is 20.9. The van der Waals surface area contributed by atoms with Crippen molar-refractivity contribution >= 4 is 34.9 Å². The standard InChI is InChI=1S/C26H32N6O2S/c1-16-12-32-24(28-25(16)30-13-17(11-27)22(33)14-30)10-20(29-32)21-7-4-5-9-31(21)26(34)19-15-35-23-8-3-2-6-18(19)23/h10-12,15,17,21-22,27,33H,2-9,13-14H2,1H3/t17-,21+,22+/m1/s1. The Balaban J connectivity index is 1.31. The number of anilines is 1. The van der Waals surface area contributed by atoms with Gasteiger partial charge in [-0.25, -0.2) is 9.50 Å². The van der Waals surface area contributed by atoms with Gasteiger partial charge in [0.1, 0.15) is 5.82 Å². The molecule has 3 aromatic heterocycles. The zero-order valence-electron chi connectivity index (χ0n) is 20.1. The van der Waals surface area contributed by atoms with Crippen molar-refractivity contribution in [2.45, 2.75) is 64.0 Å². The fraction of sp³-hybridized carbons (Fsp3) is 0.538. The van der Waals surface area contributed by atoms with Crippen LogP contribution in [0.2, 0.25) is 0 Å². The molecule has 9 heteroatoms. The Hall–Kier alpha value is -2.78. The van der Waals surface area contributed by atoms with E-state index in [4.69, 9.17) is 15.5 Å². The van der Waals surface area contributed by atoms with Crippen molar-refractivity contribution in [2.24, 2.45) is 5.92 Å². The second kappa shape index (κ2) is 9.02. The van der Waals surface area contributed by atoms with E-state index < -0.39 is 6.10 Å². The third-order valence-electron chi connectivity index (χ3n) is 7.87. The molecule has 3 aliphatic rings. The lowest BCUT2D eigenvalue weighted by atomic mass is 9.93. The maximum absolute atomic E-state index is 13.7. The van der Waals surface area contributed by atoms with Gasteiger partial charge in [0.25, 0.3) is 5.91 Å². The monoisotopic (exact) mass is 492 g/mol. The van der Waals surface area contributed by atoms with E-state index in [2.05, 4.69) is 10.3 Å². The average Bonchev–Trinajstić information content (AvgIpc) is 3.59. The van der Waals surface area contributed by atoms with Gasteiger partial charge >= 0.3 is 0 Å². The van der Waals surface area contributed by atoms with Gasteiger partial charge in [0.05, 0.1) is 23.4 Å². The number of piperidine rings is 1. The molecule has 1 aliphatic carbocycles. The molecular weight excluding hydrogens is 460 g/mol. The van der Waals surface area contributed by atoms with E-state index in [9.17, 15) is 9.90 Å². The Morgan fingerprint density at radius 3 is 2.91 bits per heavy atom. The summed E-state index contributed by atoms with van der Waals surface area (Å²) < 4.78 is 1.82. The lowest BCUT2D eigenvalue weighted by Gasteiger charge is -2.35. The van der Waals surface area contributed by atoms with Gasteiger partial charge in [-0.3, -0.25) is 4.79 Å². The van der Waals surface area contributed by atoms with Crippen LogP contribution in [0.4, 0.5) is 5.82 Å². The summed E-state index contributed by atoms with van der Waals surface area (Å²) in [7, 11) is 0. The van der Waals surface area contributed by atoms with E-state index in [1.54, 1.807) is 11.3 Å².